The minimum Gasteiger partial charge on any atom is -0.377 e. The number of benzene rings is 1. The Kier molecular flexibility index (Phi) is 5.30. The summed E-state index contributed by atoms with van der Waals surface area (Å²) in [6.45, 7) is 5.70. The maximum Gasteiger partial charge on any atom is 0.254 e. The van der Waals surface area contributed by atoms with Gasteiger partial charge >= 0.3 is 0 Å². The number of hydrogen-bond acceptors (Lipinski definition) is 3. The van der Waals surface area contributed by atoms with E-state index in [1.165, 1.54) is 37.7 Å². The molecule has 1 amide bonds. The van der Waals surface area contributed by atoms with Crippen LogP contribution in [0.25, 0.3) is 0 Å². The average Bonchev–Trinajstić information content (AvgIpc) is 3.06. The van der Waals surface area contributed by atoms with Gasteiger partial charge in [-0.2, -0.15) is 5.10 Å². The lowest BCUT2D eigenvalue weighted by molar-refractivity contribution is -0.00301. The Bertz CT molecular complexity index is 771. The van der Waals surface area contributed by atoms with Gasteiger partial charge in [0.2, 0.25) is 0 Å². The van der Waals surface area contributed by atoms with Crippen molar-refractivity contribution in [1.29, 1.82) is 0 Å². The molecule has 1 aliphatic carbocycles. The van der Waals surface area contributed by atoms with Crippen LogP contribution in [0.5, 0.6) is 0 Å². The van der Waals surface area contributed by atoms with Gasteiger partial charge in [0.15, 0.2) is 0 Å². The molecular formula is C22H29N3O2. The number of amides is 1. The highest BCUT2D eigenvalue weighted by Crippen LogP contribution is 2.33. The Balaban J connectivity index is 1.55. The van der Waals surface area contributed by atoms with E-state index in [0.29, 0.717) is 25.7 Å². The Morgan fingerprint density at radius 3 is 2.56 bits per heavy atom. The van der Waals surface area contributed by atoms with Gasteiger partial charge in [-0.1, -0.05) is 31.4 Å². The zero-order chi connectivity index (χ0) is 18.8. The first-order valence-corrected chi connectivity index (χ1v) is 10.2. The molecule has 2 fully saturated rings. The van der Waals surface area contributed by atoms with E-state index in [4.69, 9.17) is 4.74 Å². The first-order valence-electron chi connectivity index (χ1n) is 10.2. The maximum atomic E-state index is 13.3. The standard InChI is InChI=1S/C22H29N3O2/c1-15-21(16(2)24-23-15)20-14-27-13-12-25(20)22(26)19-10-8-18(9-11-19)17-6-4-3-5-7-17/h8-11,17,20H,3-7,12-14H2,1-2H3,(H,23,24). The highest BCUT2D eigenvalue weighted by atomic mass is 16.5. The second-order valence-corrected chi connectivity index (χ2v) is 7.89. The van der Waals surface area contributed by atoms with E-state index in [0.717, 1.165) is 22.5 Å². The highest BCUT2D eigenvalue weighted by molar-refractivity contribution is 5.94. The van der Waals surface area contributed by atoms with Gasteiger partial charge in [-0.15, -0.1) is 0 Å². The summed E-state index contributed by atoms with van der Waals surface area (Å²) in [7, 11) is 0. The predicted octanol–water partition coefficient (Wildman–Crippen LogP) is 4.29. The Hall–Kier alpha value is -2.14. The van der Waals surface area contributed by atoms with Crippen molar-refractivity contribution in [2.45, 2.75) is 57.9 Å². The molecule has 1 saturated heterocycles. The van der Waals surface area contributed by atoms with Crippen LogP contribution in [-0.4, -0.2) is 40.8 Å². The lowest BCUT2D eigenvalue weighted by Gasteiger charge is -2.36. The molecule has 1 atom stereocenters. The number of rotatable bonds is 3. The maximum absolute atomic E-state index is 13.3. The number of H-pyrrole nitrogens is 1. The second kappa shape index (κ2) is 7.85. The zero-order valence-electron chi connectivity index (χ0n) is 16.3. The minimum atomic E-state index is -0.0805. The van der Waals surface area contributed by atoms with E-state index in [1.54, 1.807) is 0 Å². The zero-order valence-corrected chi connectivity index (χ0v) is 16.3. The van der Waals surface area contributed by atoms with Crippen LogP contribution in [0.2, 0.25) is 0 Å². The van der Waals surface area contributed by atoms with Crippen LogP contribution in [0.1, 0.15) is 76.9 Å². The van der Waals surface area contributed by atoms with Crippen molar-refractivity contribution in [1.82, 2.24) is 15.1 Å². The number of ether oxygens (including phenoxy) is 1. The number of morpholine rings is 1. The number of carbonyl (C=O) groups is 1. The monoisotopic (exact) mass is 367 g/mol. The van der Waals surface area contributed by atoms with Gasteiger partial charge < -0.3 is 9.64 Å². The summed E-state index contributed by atoms with van der Waals surface area (Å²) in [6.07, 6.45) is 6.56. The first kappa shape index (κ1) is 18.2. The topological polar surface area (TPSA) is 58.2 Å². The van der Waals surface area contributed by atoms with Crippen LogP contribution in [0, 0.1) is 13.8 Å². The smallest absolute Gasteiger partial charge is 0.254 e. The number of carbonyl (C=O) groups excluding carboxylic acids is 1. The van der Waals surface area contributed by atoms with E-state index >= 15 is 0 Å². The Labute approximate surface area is 161 Å². The average molecular weight is 367 g/mol. The van der Waals surface area contributed by atoms with Crippen LogP contribution < -0.4 is 0 Å². The van der Waals surface area contributed by atoms with Gasteiger partial charge in [0.1, 0.15) is 0 Å². The number of nitrogens with zero attached hydrogens (tertiary/aromatic N) is 2. The van der Waals surface area contributed by atoms with Gasteiger partial charge in [0.25, 0.3) is 5.91 Å². The van der Waals surface area contributed by atoms with Crippen LogP contribution in [0.3, 0.4) is 0 Å². The largest absolute Gasteiger partial charge is 0.377 e. The van der Waals surface area contributed by atoms with E-state index < -0.39 is 0 Å². The van der Waals surface area contributed by atoms with Crippen LogP contribution in [-0.2, 0) is 4.74 Å². The summed E-state index contributed by atoms with van der Waals surface area (Å²) in [5, 5.41) is 7.34. The van der Waals surface area contributed by atoms with Crippen molar-refractivity contribution < 1.29 is 9.53 Å². The molecule has 1 saturated carbocycles. The minimum absolute atomic E-state index is 0.0805. The molecule has 4 rings (SSSR count). The fourth-order valence-electron chi connectivity index (χ4n) is 4.64. The SMILES string of the molecule is Cc1n[nH]c(C)c1C1COCCN1C(=O)c1ccc(C2CCCCC2)cc1. The molecule has 5 heteroatoms. The Morgan fingerprint density at radius 2 is 1.89 bits per heavy atom. The fourth-order valence-corrected chi connectivity index (χ4v) is 4.64. The first-order chi connectivity index (χ1) is 13.1. The van der Waals surface area contributed by atoms with Crippen molar-refractivity contribution in [2.24, 2.45) is 0 Å². The molecule has 0 spiro atoms. The number of aromatic amines is 1. The number of aryl methyl sites for hydroxylation is 2. The Morgan fingerprint density at radius 1 is 1.15 bits per heavy atom. The second-order valence-electron chi connectivity index (χ2n) is 7.89. The van der Waals surface area contributed by atoms with Crippen molar-refractivity contribution in [3.63, 3.8) is 0 Å². The molecular weight excluding hydrogens is 338 g/mol. The van der Waals surface area contributed by atoms with Crippen molar-refractivity contribution in [3.8, 4) is 0 Å². The molecule has 27 heavy (non-hydrogen) atoms. The molecule has 1 unspecified atom stereocenters. The van der Waals surface area contributed by atoms with Gasteiger partial charge in [-0.3, -0.25) is 9.89 Å². The lowest BCUT2D eigenvalue weighted by Crippen LogP contribution is -2.43. The van der Waals surface area contributed by atoms with Crippen molar-refractivity contribution in [2.75, 3.05) is 19.8 Å². The van der Waals surface area contributed by atoms with Gasteiger partial charge in [0, 0.05) is 23.4 Å². The molecule has 1 aromatic heterocycles. The molecule has 0 bridgehead atoms. The molecule has 0 radical (unpaired) electrons. The molecule has 144 valence electrons. The molecule has 2 aliphatic rings. The van der Waals surface area contributed by atoms with E-state index in [2.05, 4.69) is 22.3 Å². The third kappa shape index (κ3) is 3.65. The summed E-state index contributed by atoms with van der Waals surface area (Å²) >= 11 is 0. The van der Waals surface area contributed by atoms with Gasteiger partial charge in [-0.25, -0.2) is 0 Å². The molecule has 1 aliphatic heterocycles. The van der Waals surface area contributed by atoms with Crippen LogP contribution in [0.15, 0.2) is 24.3 Å². The van der Waals surface area contributed by atoms with Crippen molar-refractivity contribution in [3.05, 3.63) is 52.3 Å². The van der Waals surface area contributed by atoms with E-state index in [9.17, 15) is 4.79 Å². The number of nitrogens with one attached hydrogen (secondary N) is 1. The lowest BCUT2D eigenvalue weighted by atomic mass is 9.84. The summed E-state index contributed by atoms with van der Waals surface area (Å²) in [4.78, 5) is 15.2. The van der Waals surface area contributed by atoms with Crippen LogP contribution >= 0.6 is 0 Å². The third-order valence-electron chi connectivity index (χ3n) is 6.14. The molecule has 5 nitrogen and oxygen atoms in total. The van der Waals surface area contributed by atoms with E-state index in [1.807, 2.05) is 30.9 Å². The third-order valence-corrected chi connectivity index (χ3v) is 6.14. The summed E-state index contributed by atoms with van der Waals surface area (Å²) in [6, 6.07) is 8.25. The molecule has 2 heterocycles. The van der Waals surface area contributed by atoms with Crippen molar-refractivity contribution >= 4 is 5.91 Å². The molecule has 2 aromatic rings. The summed E-state index contributed by atoms with van der Waals surface area (Å²) in [5.74, 6) is 0.744. The highest BCUT2D eigenvalue weighted by Gasteiger charge is 2.32. The fraction of sp³-hybridized carbons (Fsp3) is 0.545. The normalized spacial score (nSPS) is 21.4. The van der Waals surface area contributed by atoms with Gasteiger partial charge in [0.05, 0.1) is 24.9 Å². The number of hydrogen-bond donors (Lipinski definition) is 1. The quantitative estimate of drug-likeness (QED) is 0.880. The molecule has 1 aromatic carbocycles. The van der Waals surface area contributed by atoms with E-state index in [-0.39, 0.29) is 11.9 Å². The van der Waals surface area contributed by atoms with Gasteiger partial charge in [-0.05, 0) is 50.3 Å². The summed E-state index contributed by atoms with van der Waals surface area (Å²) in [5.41, 5.74) is 5.18. The summed E-state index contributed by atoms with van der Waals surface area (Å²) < 4.78 is 5.70. The number of aromatic nitrogens is 2. The predicted molar refractivity (Wildman–Crippen MR) is 105 cm³/mol. The molecule has 1 N–H and O–H groups in total. The van der Waals surface area contributed by atoms with Crippen LogP contribution in [0.4, 0.5) is 0 Å².